The van der Waals surface area contributed by atoms with Gasteiger partial charge in [0.1, 0.15) is 0 Å². The third-order valence-corrected chi connectivity index (χ3v) is 3.51. The Kier molecular flexibility index (Phi) is 8.93. The molecule has 1 amide bonds. The molecular formula is C10H16BrClN2OS. The molecule has 1 rings (SSSR count). The van der Waals surface area contributed by atoms with Crippen LogP contribution in [0.4, 0.5) is 0 Å². The van der Waals surface area contributed by atoms with Gasteiger partial charge >= 0.3 is 0 Å². The summed E-state index contributed by atoms with van der Waals surface area (Å²) in [6, 6.07) is 3.94. The first-order valence-electron chi connectivity index (χ1n) is 4.88. The summed E-state index contributed by atoms with van der Waals surface area (Å²) in [6.45, 7) is 1.68. The Morgan fingerprint density at radius 3 is 2.75 bits per heavy atom. The van der Waals surface area contributed by atoms with E-state index in [-0.39, 0.29) is 18.3 Å². The zero-order valence-electron chi connectivity index (χ0n) is 9.09. The van der Waals surface area contributed by atoms with Crippen LogP contribution in [-0.4, -0.2) is 26.0 Å². The van der Waals surface area contributed by atoms with Crippen molar-refractivity contribution in [2.75, 3.05) is 20.1 Å². The van der Waals surface area contributed by atoms with Gasteiger partial charge in [0.25, 0.3) is 0 Å². The van der Waals surface area contributed by atoms with E-state index >= 15 is 0 Å². The van der Waals surface area contributed by atoms with Crippen molar-refractivity contribution < 1.29 is 4.79 Å². The zero-order chi connectivity index (χ0) is 11.1. The Labute approximate surface area is 115 Å². The standard InChI is InChI=1S/C10H15BrN2OS.ClH/c1-12-5-2-6-13-10(14)7-8-3-4-9(11)15-8;/h3-4,12H,2,5-7H2,1H3,(H,13,14);1H. The predicted molar refractivity (Wildman–Crippen MR) is 74.5 cm³/mol. The van der Waals surface area contributed by atoms with Gasteiger partial charge in [-0.15, -0.1) is 23.7 Å². The van der Waals surface area contributed by atoms with Gasteiger partial charge < -0.3 is 10.6 Å². The lowest BCUT2D eigenvalue weighted by Crippen LogP contribution is -2.27. The number of nitrogens with one attached hydrogen (secondary N) is 2. The molecule has 2 N–H and O–H groups in total. The van der Waals surface area contributed by atoms with Crippen LogP contribution in [0.5, 0.6) is 0 Å². The van der Waals surface area contributed by atoms with E-state index in [4.69, 9.17) is 0 Å². The van der Waals surface area contributed by atoms with Crippen molar-refractivity contribution in [3.63, 3.8) is 0 Å². The van der Waals surface area contributed by atoms with Crippen molar-refractivity contribution >= 4 is 45.6 Å². The number of rotatable bonds is 6. The first-order chi connectivity index (χ1) is 7.22. The Morgan fingerprint density at radius 1 is 1.44 bits per heavy atom. The predicted octanol–water partition coefficient (Wildman–Crippen LogP) is 2.20. The van der Waals surface area contributed by atoms with Crippen molar-refractivity contribution in [2.45, 2.75) is 12.8 Å². The fourth-order valence-electron chi connectivity index (χ4n) is 1.16. The maximum atomic E-state index is 11.4. The molecule has 0 aliphatic carbocycles. The molecule has 0 aromatic carbocycles. The molecule has 92 valence electrons. The van der Waals surface area contributed by atoms with Crippen molar-refractivity contribution in [1.82, 2.24) is 10.6 Å². The fourth-order valence-corrected chi connectivity index (χ4v) is 2.64. The Hall–Kier alpha value is -0.100. The van der Waals surface area contributed by atoms with Crippen LogP contribution < -0.4 is 10.6 Å². The number of carbonyl (C=O) groups is 1. The van der Waals surface area contributed by atoms with Crippen molar-refractivity contribution in [3.05, 3.63) is 20.8 Å². The molecule has 0 saturated carbocycles. The summed E-state index contributed by atoms with van der Waals surface area (Å²) in [7, 11) is 1.91. The molecule has 0 aliphatic heterocycles. The number of thiophene rings is 1. The molecule has 0 bridgehead atoms. The highest BCUT2D eigenvalue weighted by Crippen LogP contribution is 2.22. The van der Waals surface area contributed by atoms with Gasteiger partial charge in [0.2, 0.25) is 5.91 Å². The summed E-state index contributed by atoms with van der Waals surface area (Å²) in [5, 5.41) is 5.93. The minimum absolute atomic E-state index is 0. The van der Waals surface area contributed by atoms with E-state index in [0.717, 1.165) is 28.2 Å². The second-order valence-corrected chi connectivity index (χ2v) is 5.74. The van der Waals surface area contributed by atoms with Crippen LogP contribution in [0, 0.1) is 0 Å². The second-order valence-electron chi connectivity index (χ2n) is 3.19. The topological polar surface area (TPSA) is 41.1 Å². The highest BCUT2D eigenvalue weighted by molar-refractivity contribution is 9.11. The summed E-state index contributed by atoms with van der Waals surface area (Å²) in [5.41, 5.74) is 0. The Balaban J connectivity index is 0.00000225. The molecule has 0 spiro atoms. The van der Waals surface area contributed by atoms with Gasteiger partial charge in [0, 0.05) is 11.4 Å². The van der Waals surface area contributed by atoms with E-state index < -0.39 is 0 Å². The maximum absolute atomic E-state index is 11.4. The lowest BCUT2D eigenvalue weighted by atomic mass is 10.3. The minimum Gasteiger partial charge on any atom is -0.356 e. The molecule has 0 fully saturated rings. The molecule has 0 unspecified atom stereocenters. The van der Waals surface area contributed by atoms with E-state index in [2.05, 4.69) is 26.6 Å². The third kappa shape index (κ3) is 6.48. The second kappa shape index (κ2) is 8.98. The van der Waals surface area contributed by atoms with Crippen LogP contribution in [0.15, 0.2) is 15.9 Å². The normalized spacial score (nSPS) is 9.62. The molecule has 16 heavy (non-hydrogen) atoms. The van der Waals surface area contributed by atoms with Crippen molar-refractivity contribution in [2.24, 2.45) is 0 Å². The molecular weight excluding hydrogens is 312 g/mol. The average molecular weight is 328 g/mol. The third-order valence-electron chi connectivity index (χ3n) is 1.89. The van der Waals surface area contributed by atoms with Crippen molar-refractivity contribution in [1.29, 1.82) is 0 Å². The fraction of sp³-hybridized carbons (Fsp3) is 0.500. The van der Waals surface area contributed by atoms with Crippen LogP contribution in [0.1, 0.15) is 11.3 Å². The van der Waals surface area contributed by atoms with E-state index in [0.29, 0.717) is 6.42 Å². The van der Waals surface area contributed by atoms with Gasteiger partial charge in [-0.25, -0.2) is 0 Å². The van der Waals surface area contributed by atoms with Gasteiger partial charge in [0.05, 0.1) is 10.2 Å². The molecule has 1 heterocycles. The largest absolute Gasteiger partial charge is 0.356 e. The molecule has 3 nitrogen and oxygen atoms in total. The Morgan fingerprint density at radius 2 is 2.19 bits per heavy atom. The molecule has 1 aromatic heterocycles. The van der Waals surface area contributed by atoms with Crippen LogP contribution in [0.25, 0.3) is 0 Å². The minimum atomic E-state index is 0. The average Bonchev–Trinajstić information content (AvgIpc) is 2.59. The molecule has 0 atom stereocenters. The summed E-state index contributed by atoms with van der Waals surface area (Å²) in [6.07, 6.45) is 1.45. The lowest BCUT2D eigenvalue weighted by Gasteiger charge is -2.03. The highest BCUT2D eigenvalue weighted by atomic mass is 79.9. The van der Waals surface area contributed by atoms with Crippen molar-refractivity contribution in [3.8, 4) is 0 Å². The van der Waals surface area contributed by atoms with Gasteiger partial charge in [-0.1, -0.05) is 0 Å². The summed E-state index contributed by atoms with van der Waals surface area (Å²) < 4.78 is 1.07. The lowest BCUT2D eigenvalue weighted by molar-refractivity contribution is -0.120. The number of halogens is 2. The summed E-state index contributed by atoms with van der Waals surface area (Å²) in [5.74, 6) is 0.0976. The van der Waals surface area contributed by atoms with Gasteiger partial charge in [-0.05, 0) is 48.1 Å². The number of hydrogen-bond acceptors (Lipinski definition) is 3. The quantitative estimate of drug-likeness (QED) is 0.787. The molecule has 0 aliphatic rings. The number of amides is 1. The van der Waals surface area contributed by atoms with Gasteiger partial charge in [-0.3, -0.25) is 4.79 Å². The molecule has 0 saturated heterocycles. The van der Waals surface area contributed by atoms with Crippen LogP contribution in [-0.2, 0) is 11.2 Å². The molecule has 6 heteroatoms. The van der Waals surface area contributed by atoms with Crippen LogP contribution >= 0.6 is 39.7 Å². The van der Waals surface area contributed by atoms with E-state index in [1.165, 1.54) is 0 Å². The van der Waals surface area contributed by atoms with E-state index in [1.807, 2.05) is 19.2 Å². The summed E-state index contributed by atoms with van der Waals surface area (Å²) in [4.78, 5) is 12.5. The first kappa shape index (κ1) is 15.9. The number of carbonyl (C=O) groups excluding carboxylic acids is 1. The SMILES string of the molecule is CNCCCNC(=O)Cc1ccc(Br)s1.Cl. The van der Waals surface area contributed by atoms with Gasteiger partial charge in [0.15, 0.2) is 0 Å². The monoisotopic (exact) mass is 326 g/mol. The maximum Gasteiger partial charge on any atom is 0.225 e. The smallest absolute Gasteiger partial charge is 0.225 e. The van der Waals surface area contributed by atoms with E-state index in [1.54, 1.807) is 11.3 Å². The Bertz CT molecular complexity index is 320. The molecule has 0 radical (unpaired) electrons. The first-order valence-corrected chi connectivity index (χ1v) is 6.49. The van der Waals surface area contributed by atoms with Gasteiger partial charge in [-0.2, -0.15) is 0 Å². The molecule has 1 aromatic rings. The van der Waals surface area contributed by atoms with Crippen LogP contribution in [0.2, 0.25) is 0 Å². The highest BCUT2D eigenvalue weighted by Gasteiger charge is 2.04. The number of hydrogen-bond donors (Lipinski definition) is 2. The summed E-state index contributed by atoms with van der Waals surface area (Å²) >= 11 is 4.98. The zero-order valence-corrected chi connectivity index (χ0v) is 12.3. The van der Waals surface area contributed by atoms with Crippen LogP contribution in [0.3, 0.4) is 0 Å². The van der Waals surface area contributed by atoms with E-state index in [9.17, 15) is 4.79 Å².